The number of amides is 1. The first-order chi connectivity index (χ1) is 10.9. The molecule has 0 aliphatic carbocycles. The third-order valence-electron chi connectivity index (χ3n) is 3.86. The number of carbonyl (C=O) groups is 2. The Labute approximate surface area is 134 Å². The average molecular weight is 320 g/mol. The molecule has 0 N–H and O–H groups in total. The van der Waals surface area contributed by atoms with Crippen molar-refractivity contribution in [2.45, 2.75) is 20.3 Å². The van der Waals surface area contributed by atoms with Crippen molar-refractivity contribution in [2.24, 2.45) is 11.8 Å². The zero-order valence-electron chi connectivity index (χ0n) is 13.2. The standard InChI is InChI=1S/C16H20N2O5/c1-11-7-12(2)9-17(8-11)15(19)10-23-16(20)13-3-5-14(6-4-13)18(21)22/h3-6,11-12H,7-10H2,1-2H3/t11-,12-/m0/s1. The van der Waals surface area contributed by atoms with Crippen LogP contribution in [-0.4, -0.2) is 41.4 Å². The molecule has 0 aromatic heterocycles. The van der Waals surface area contributed by atoms with Gasteiger partial charge < -0.3 is 9.64 Å². The summed E-state index contributed by atoms with van der Waals surface area (Å²) in [5.74, 6) is 0.00571. The van der Waals surface area contributed by atoms with Crippen LogP contribution in [0.1, 0.15) is 30.6 Å². The van der Waals surface area contributed by atoms with Crippen LogP contribution in [0.15, 0.2) is 24.3 Å². The van der Waals surface area contributed by atoms with Crippen molar-refractivity contribution in [2.75, 3.05) is 19.7 Å². The minimum atomic E-state index is -0.661. The lowest BCUT2D eigenvalue weighted by Gasteiger charge is -2.34. The lowest BCUT2D eigenvalue weighted by Crippen LogP contribution is -2.44. The summed E-state index contributed by atoms with van der Waals surface area (Å²) in [4.78, 5) is 35.8. The zero-order valence-corrected chi connectivity index (χ0v) is 13.2. The van der Waals surface area contributed by atoms with Gasteiger partial charge in [-0.05, 0) is 30.4 Å². The molecule has 2 rings (SSSR count). The number of likely N-dealkylation sites (tertiary alicyclic amines) is 1. The second kappa shape index (κ2) is 7.21. The predicted octanol–water partition coefficient (Wildman–Crippen LogP) is 2.26. The number of piperidine rings is 1. The first-order valence-corrected chi connectivity index (χ1v) is 7.56. The monoisotopic (exact) mass is 320 g/mol. The Balaban J connectivity index is 1.88. The van der Waals surface area contributed by atoms with Gasteiger partial charge in [0.05, 0.1) is 10.5 Å². The number of nitrogens with zero attached hydrogens (tertiary/aromatic N) is 2. The lowest BCUT2D eigenvalue weighted by atomic mass is 9.92. The molecule has 1 aromatic rings. The van der Waals surface area contributed by atoms with E-state index in [1.54, 1.807) is 4.90 Å². The highest BCUT2D eigenvalue weighted by Crippen LogP contribution is 2.21. The number of esters is 1. The third kappa shape index (κ3) is 4.51. The number of hydrogen-bond donors (Lipinski definition) is 0. The Hall–Kier alpha value is -2.44. The van der Waals surface area contributed by atoms with Crippen LogP contribution in [0.2, 0.25) is 0 Å². The first kappa shape index (κ1) is 16.9. The van der Waals surface area contributed by atoms with Gasteiger partial charge in [-0.15, -0.1) is 0 Å². The Morgan fingerprint density at radius 2 is 1.78 bits per heavy atom. The summed E-state index contributed by atoms with van der Waals surface area (Å²) in [6.45, 7) is 5.24. The molecule has 124 valence electrons. The van der Waals surface area contributed by atoms with Crippen LogP contribution in [0.25, 0.3) is 0 Å². The Kier molecular flexibility index (Phi) is 5.31. The van der Waals surface area contributed by atoms with Gasteiger partial charge in [0.25, 0.3) is 11.6 Å². The second-order valence-corrected chi connectivity index (χ2v) is 6.12. The van der Waals surface area contributed by atoms with Crippen LogP contribution < -0.4 is 0 Å². The normalized spacial score (nSPS) is 20.9. The average Bonchev–Trinajstić information content (AvgIpc) is 2.51. The highest BCUT2D eigenvalue weighted by atomic mass is 16.6. The molecule has 1 saturated heterocycles. The van der Waals surface area contributed by atoms with E-state index in [9.17, 15) is 19.7 Å². The molecule has 0 saturated carbocycles. The fourth-order valence-electron chi connectivity index (χ4n) is 2.89. The summed E-state index contributed by atoms with van der Waals surface area (Å²) in [6, 6.07) is 5.09. The molecular formula is C16H20N2O5. The molecule has 0 radical (unpaired) electrons. The summed E-state index contributed by atoms with van der Waals surface area (Å²) in [7, 11) is 0. The van der Waals surface area contributed by atoms with Gasteiger partial charge in [-0.25, -0.2) is 4.79 Å². The topological polar surface area (TPSA) is 89.8 Å². The molecule has 1 aromatic carbocycles. The highest BCUT2D eigenvalue weighted by Gasteiger charge is 2.26. The van der Waals surface area contributed by atoms with E-state index < -0.39 is 10.9 Å². The maximum Gasteiger partial charge on any atom is 0.338 e. The van der Waals surface area contributed by atoms with Gasteiger partial charge in [-0.3, -0.25) is 14.9 Å². The van der Waals surface area contributed by atoms with E-state index in [1.807, 2.05) is 0 Å². The number of ether oxygens (including phenoxy) is 1. The number of non-ortho nitro benzene ring substituents is 1. The van der Waals surface area contributed by atoms with E-state index in [4.69, 9.17) is 4.74 Å². The molecule has 1 aliphatic heterocycles. The smallest absolute Gasteiger partial charge is 0.338 e. The Bertz CT molecular complexity index is 589. The quantitative estimate of drug-likeness (QED) is 0.482. The molecule has 0 bridgehead atoms. The van der Waals surface area contributed by atoms with Crippen molar-refractivity contribution in [3.63, 3.8) is 0 Å². The van der Waals surface area contributed by atoms with E-state index in [-0.39, 0.29) is 23.8 Å². The van der Waals surface area contributed by atoms with Crippen molar-refractivity contribution in [3.05, 3.63) is 39.9 Å². The lowest BCUT2D eigenvalue weighted by molar-refractivity contribution is -0.384. The van der Waals surface area contributed by atoms with Crippen LogP contribution in [0, 0.1) is 22.0 Å². The molecule has 0 spiro atoms. The number of rotatable bonds is 4. The van der Waals surface area contributed by atoms with Gasteiger partial charge in [-0.1, -0.05) is 13.8 Å². The largest absolute Gasteiger partial charge is 0.452 e. The van der Waals surface area contributed by atoms with Crippen molar-refractivity contribution in [3.8, 4) is 0 Å². The van der Waals surface area contributed by atoms with Crippen LogP contribution in [0.5, 0.6) is 0 Å². The van der Waals surface area contributed by atoms with Crippen LogP contribution >= 0.6 is 0 Å². The summed E-state index contributed by atoms with van der Waals surface area (Å²) >= 11 is 0. The van der Waals surface area contributed by atoms with Gasteiger partial charge >= 0.3 is 5.97 Å². The van der Waals surface area contributed by atoms with E-state index >= 15 is 0 Å². The summed E-state index contributed by atoms with van der Waals surface area (Å²) in [5, 5.41) is 10.6. The van der Waals surface area contributed by atoms with E-state index in [0.29, 0.717) is 24.9 Å². The highest BCUT2D eigenvalue weighted by molar-refractivity contribution is 5.91. The van der Waals surface area contributed by atoms with Crippen molar-refractivity contribution in [1.29, 1.82) is 0 Å². The van der Waals surface area contributed by atoms with Gasteiger partial charge in [-0.2, -0.15) is 0 Å². The number of hydrogen-bond acceptors (Lipinski definition) is 5. The predicted molar refractivity (Wildman–Crippen MR) is 82.9 cm³/mol. The maximum absolute atomic E-state index is 12.1. The van der Waals surface area contributed by atoms with Crippen molar-refractivity contribution in [1.82, 2.24) is 4.90 Å². The zero-order chi connectivity index (χ0) is 17.0. The van der Waals surface area contributed by atoms with Gasteiger partial charge in [0.2, 0.25) is 0 Å². The SMILES string of the molecule is C[C@H]1C[C@H](C)CN(C(=O)COC(=O)c2ccc([N+](=O)[O-])cc2)C1. The summed E-state index contributed by atoms with van der Waals surface area (Å²) < 4.78 is 5.01. The van der Waals surface area contributed by atoms with Crippen molar-refractivity contribution < 1.29 is 19.2 Å². The fourth-order valence-corrected chi connectivity index (χ4v) is 2.89. The molecule has 7 heteroatoms. The maximum atomic E-state index is 12.1. The first-order valence-electron chi connectivity index (χ1n) is 7.56. The Morgan fingerprint density at radius 3 is 2.30 bits per heavy atom. The van der Waals surface area contributed by atoms with Crippen LogP contribution in [0.3, 0.4) is 0 Å². The third-order valence-corrected chi connectivity index (χ3v) is 3.86. The molecule has 1 aliphatic rings. The second-order valence-electron chi connectivity index (χ2n) is 6.12. The molecule has 7 nitrogen and oxygen atoms in total. The number of nitro groups is 1. The summed E-state index contributed by atoms with van der Waals surface area (Å²) in [6.07, 6.45) is 1.09. The van der Waals surface area contributed by atoms with E-state index in [0.717, 1.165) is 6.42 Å². The molecule has 23 heavy (non-hydrogen) atoms. The van der Waals surface area contributed by atoms with Gasteiger partial charge in [0.1, 0.15) is 0 Å². The van der Waals surface area contributed by atoms with Crippen molar-refractivity contribution >= 4 is 17.6 Å². The number of benzene rings is 1. The minimum absolute atomic E-state index is 0.103. The Morgan fingerprint density at radius 1 is 1.22 bits per heavy atom. The summed E-state index contributed by atoms with van der Waals surface area (Å²) in [5.41, 5.74) is 0.0812. The van der Waals surface area contributed by atoms with E-state index in [1.165, 1.54) is 24.3 Å². The number of nitro benzene ring substituents is 1. The molecular weight excluding hydrogens is 300 g/mol. The van der Waals surface area contributed by atoms with Crippen LogP contribution in [-0.2, 0) is 9.53 Å². The van der Waals surface area contributed by atoms with Crippen LogP contribution in [0.4, 0.5) is 5.69 Å². The molecule has 1 fully saturated rings. The van der Waals surface area contributed by atoms with E-state index in [2.05, 4.69) is 13.8 Å². The fraction of sp³-hybridized carbons (Fsp3) is 0.500. The number of carbonyl (C=O) groups excluding carboxylic acids is 2. The molecule has 1 amide bonds. The minimum Gasteiger partial charge on any atom is -0.452 e. The molecule has 0 unspecified atom stereocenters. The molecule has 2 atom stereocenters. The molecule has 1 heterocycles. The van der Waals surface area contributed by atoms with Gasteiger partial charge in [0.15, 0.2) is 6.61 Å². The van der Waals surface area contributed by atoms with Gasteiger partial charge in [0, 0.05) is 25.2 Å².